The summed E-state index contributed by atoms with van der Waals surface area (Å²) in [5.41, 5.74) is 1.40. The number of halogens is 2. The quantitative estimate of drug-likeness (QED) is 0.699. The van der Waals surface area contributed by atoms with Gasteiger partial charge in [-0.2, -0.15) is 0 Å². The van der Waals surface area contributed by atoms with Crippen molar-refractivity contribution in [2.75, 3.05) is 7.11 Å². The van der Waals surface area contributed by atoms with E-state index in [9.17, 15) is 17.2 Å². The first kappa shape index (κ1) is 18.9. The summed E-state index contributed by atoms with van der Waals surface area (Å²) >= 11 is 0. The third-order valence-electron chi connectivity index (χ3n) is 3.64. The first-order chi connectivity index (χ1) is 12.9. The SMILES string of the molecule is COc1cc(CNS(=O)(=O)c2cc(F)ccc2F)nc(-c2ccccn2)c1. The monoisotopic (exact) mass is 391 g/mol. The summed E-state index contributed by atoms with van der Waals surface area (Å²) in [5.74, 6) is -1.44. The van der Waals surface area contributed by atoms with Gasteiger partial charge in [0, 0.05) is 18.3 Å². The highest BCUT2D eigenvalue weighted by Gasteiger charge is 2.20. The van der Waals surface area contributed by atoms with Crippen molar-refractivity contribution >= 4 is 10.0 Å². The molecule has 0 bridgehead atoms. The maximum atomic E-state index is 13.8. The second-order valence-corrected chi connectivity index (χ2v) is 7.23. The first-order valence-electron chi connectivity index (χ1n) is 7.80. The summed E-state index contributed by atoms with van der Waals surface area (Å²) in [6.07, 6.45) is 1.60. The molecule has 0 saturated carbocycles. The highest BCUT2D eigenvalue weighted by atomic mass is 32.2. The van der Waals surface area contributed by atoms with Crippen LogP contribution in [0.2, 0.25) is 0 Å². The minimum absolute atomic E-state index is 0.241. The number of ether oxygens (including phenoxy) is 1. The number of nitrogens with one attached hydrogen (secondary N) is 1. The number of hydrogen-bond acceptors (Lipinski definition) is 5. The third kappa shape index (κ3) is 4.44. The van der Waals surface area contributed by atoms with E-state index in [-0.39, 0.29) is 6.54 Å². The molecule has 0 aliphatic carbocycles. The van der Waals surface area contributed by atoms with E-state index in [4.69, 9.17) is 4.74 Å². The van der Waals surface area contributed by atoms with Gasteiger partial charge in [0.25, 0.3) is 0 Å². The smallest absolute Gasteiger partial charge is 0.243 e. The van der Waals surface area contributed by atoms with E-state index in [1.54, 1.807) is 30.5 Å². The third-order valence-corrected chi connectivity index (χ3v) is 5.06. The Kier molecular flexibility index (Phi) is 5.43. The topological polar surface area (TPSA) is 81.2 Å². The van der Waals surface area contributed by atoms with Crippen LogP contribution in [0, 0.1) is 11.6 Å². The van der Waals surface area contributed by atoms with Crippen molar-refractivity contribution in [3.05, 3.63) is 72.1 Å². The molecule has 0 amide bonds. The second-order valence-electron chi connectivity index (χ2n) is 5.50. The van der Waals surface area contributed by atoms with Crippen LogP contribution in [-0.2, 0) is 16.6 Å². The standard InChI is InChI=1S/C18H15F2N3O3S/c1-26-14-9-13(23-17(10-14)16-4-2-3-7-21-16)11-22-27(24,25)18-8-12(19)5-6-15(18)20/h2-10,22H,11H2,1H3. The van der Waals surface area contributed by atoms with Crippen LogP contribution in [0.4, 0.5) is 8.78 Å². The Morgan fingerprint density at radius 1 is 1.07 bits per heavy atom. The minimum atomic E-state index is -4.27. The van der Waals surface area contributed by atoms with Crippen LogP contribution in [-0.4, -0.2) is 25.5 Å². The van der Waals surface area contributed by atoms with E-state index in [1.165, 1.54) is 13.2 Å². The number of sulfonamides is 1. The van der Waals surface area contributed by atoms with Crippen LogP contribution in [0.5, 0.6) is 5.75 Å². The average molecular weight is 391 g/mol. The molecule has 0 saturated heterocycles. The Hall–Kier alpha value is -2.91. The molecule has 3 rings (SSSR count). The zero-order chi connectivity index (χ0) is 19.4. The molecule has 0 unspecified atom stereocenters. The molecule has 1 N–H and O–H groups in total. The number of pyridine rings is 2. The number of benzene rings is 1. The number of nitrogens with zero attached hydrogens (tertiary/aromatic N) is 2. The van der Waals surface area contributed by atoms with Gasteiger partial charge in [0.05, 0.1) is 30.7 Å². The molecule has 3 aromatic rings. The van der Waals surface area contributed by atoms with Crippen molar-refractivity contribution in [1.29, 1.82) is 0 Å². The van der Waals surface area contributed by atoms with Gasteiger partial charge >= 0.3 is 0 Å². The maximum Gasteiger partial charge on any atom is 0.243 e. The van der Waals surface area contributed by atoms with Crippen LogP contribution in [0.25, 0.3) is 11.4 Å². The average Bonchev–Trinajstić information content (AvgIpc) is 2.68. The van der Waals surface area contributed by atoms with Gasteiger partial charge in [-0.15, -0.1) is 0 Å². The molecule has 0 aliphatic rings. The van der Waals surface area contributed by atoms with Gasteiger partial charge in [-0.1, -0.05) is 6.07 Å². The lowest BCUT2D eigenvalue weighted by molar-refractivity contribution is 0.413. The predicted octanol–water partition coefficient (Wildman–Crippen LogP) is 2.91. The minimum Gasteiger partial charge on any atom is -0.497 e. The van der Waals surface area contributed by atoms with Crippen molar-refractivity contribution in [2.45, 2.75) is 11.4 Å². The van der Waals surface area contributed by atoms with E-state index in [1.807, 2.05) is 0 Å². The van der Waals surface area contributed by atoms with Crippen molar-refractivity contribution in [2.24, 2.45) is 0 Å². The molecular formula is C18H15F2N3O3S. The Morgan fingerprint density at radius 3 is 2.59 bits per heavy atom. The van der Waals surface area contributed by atoms with Crippen LogP contribution < -0.4 is 9.46 Å². The molecule has 2 aromatic heterocycles. The lowest BCUT2D eigenvalue weighted by Gasteiger charge is -2.10. The Bertz CT molecular complexity index is 1060. The molecule has 140 valence electrons. The summed E-state index contributed by atoms with van der Waals surface area (Å²) in [4.78, 5) is 7.78. The van der Waals surface area contributed by atoms with Crippen molar-refractivity contribution in [3.8, 4) is 17.1 Å². The number of rotatable bonds is 6. The van der Waals surface area contributed by atoms with Gasteiger partial charge in [0.2, 0.25) is 10.0 Å². The normalized spacial score (nSPS) is 11.4. The van der Waals surface area contributed by atoms with Crippen molar-refractivity contribution in [3.63, 3.8) is 0 Å². The predicted molar refractivity (Wildman–Crippen MR) is 94.4 cm³/mol. The zero-order valence-corrected chi connectivity index (χ0v) is 15.0. The zero-order valence-electron chi connectivity index (χ0n) is 14.2. The fourth-order valence-electron chi connectivity index (χ4n) is 2.34. The number of hydrogen-bond donors (Lipinski definition) is 1. The highest BCUT2D eigenvalue weighted by molar-refractivity contribution is 7.89. The van der Waals surface area contributed by atoms with Gasteiger partial charge in [-0.3, -0.25) is 4.98 Å². The molecule has 9 heteroatoms. The molecule has 0 fully saturated rings. The molecule has 27 heavy (non-hydrogen) atoms. The summed E-state index contributed by atoms with van der Waals surface area (Å²) in [6.45, 7) is -0.241. The first-order valence-corrected chi connectivity index (χ1v) is 9.28. The largest absolute Gasteiger partial charge is 0.497 e. The van der Waals surface area contributed by atoms with Crippen LogP contribution >= 0.6 is 0 Å². The van der Waals surface area contributed by atoms with Gasteiger partial charge < -0.3 is 4.74 Å². The summed E-state index contributed by atoms with van der Waals surface area (Å²) < 4.78 is 59.1. The molecule has 0 atom stereocenters. The number of methoxy groups -OCH3 is 1. The Labute approximate surface area is 154 Å². The van der Waals surface area contributed by atoms with Crippen LogP contribution in [0.15, 0.2) is 59.6 Å². The lowest BCUT2D eigenvalue weighted by Crippen LogP contribution is -2.25. The maximum absolute atomic E-state index is 13.8. The van der Waals surface area contributed by atoms with Gasteiger partial charge in [-0.25, -0.2) is 26.9 Å². The summed E-state index contributed by atoms with van der Waals surface area (Å²) in [5, 5.41) is 0. The molecule has 0 spiro atoms. The van der Waals surface area contributed by atoms with E-state index < -0.39 is 26.6 Å². The van der Waals surface area contributed by atoms with Crippen LogP contribution in [0.1, 0.15) is 5.69 Å². The second kappa shape index (κ2) is 7.77. The van der Waals surface area contributed by atoms with E-state index in [0.29, 0.717) is 28.9 Å². The van der Waals surface area contributed by atoms with E-state index >= 15 is 0 Å². The van der Waals surface area contributed by atoms with Gasteiger partial charge in [-0.05, 0) is 30.3 Å². The Balaban J connectivity index is 1.88. The molecule has 0 radical (unpaired) electrons. The van der Waals surface area contributed by atoms with Gasteiger partial charge in [0.15, 0.2) is 0 Å². The van der Waals surface area contributed by atoms with Gasteiger partial charge in [0.1, 0.15) is 22.3 Å². The molecule has 0 aliphatic heterocycles. The highest BCUT2D eigenvalue weighted by Crippen LogP contribution is 2.22. The fourth-order valence-corrected chi connectivity index (χ4v) is 3.43. The Morgan fingerprint density at radius 2 is 1.89 bits per heavy atom. The lowest BCUT2D eigenvalue weighted by atomic mass is 10.2. The fraction of sp³-hybridized carbons (Fsp3) is 0.111. The van der Waals surface area contributed by atoms with Crippen LogP contribution in [0.3, 0.4) is 0 Å². The van der Waals surface area contributed by atoms with E-state index in [2.05, 4.69) is 14.7 Å². The summed E-state index contributed by atoms with van der Waals surface area (Å²) in [7, 11) is -2.80. The molecular weight excluding hydrogens is 376 g/mol. The molecule has 1 aromatic carbocycles. The van der Waals surface area contributed by atoms with Crippen molar-refractivity contribution in [1.82, 2.24) is 14.7 Å². The van der Waals surface area contributed by atoms with E-state index in [0.717, 1.165) is 12.1 Å². The molecule has 6 nitrogen and oxygen atoms in total. The number of aromatic nitrogens is 2. The van der Waals surface area contributed by atoms with Crippen molar-refractivity contribution < 1.29 is 21.9 Å². The summed E-state index contributed by atoms with van der Waals surface area (Å²) in [6, 6.07) is 10.7. The molecule has 2 heterocycles.